The van der Waals surface area contributed by atoms with Crippen molar-refractivity contribution in [3.63, 3.8) is 0 Å². The number of nitrogens with zero attached hydrogens (tertiary/aromatic N) is 2. The van der Waals surface area contributed by atoms with Crippen LogP contribution in [-0.2, 0) is 6.18 Å². The Bertz CT molecular complexity index is 1240. The highest BCUT2D eigenvalue weighted by molar-refractivity contribution is 5.70. The largest absolute Gasteiger partial charge is 0.496 e. The minimum Gasteiger partial charge on any atom is -0.496 e. The third kappa shape index (κ3) is 4.97. The molecule has 0 aliphatic heterocycles. The number of ether oxygens (including phenoxy) is 2. The Kier molecular flexibility index (Phi) is 6.04. The van der Waals surface area contributed by atoms with Crippen LogP contribution in [-0.4, -0.2) is 22.1 Å². The van der Waals surface area contributed by atoms with Crippen LogP contribution in [0, 0.1) is 5.95 Å². The van der Waals surface area contributed by atoms with E-state index in [4.69, 9.17) is 9.47 Å². The van der Waals surface area contributed by atoms with Gasteiger partial charge in [0.05, 0.1) is 24.6 Å². The maximum Gasteiger partial charge on any atom is 0.416 e. The van der Waals surface area contributed by atoms with E-state index in [1.165, 1.54) is 31.5 Å². The molecule has 0 aliphatic rings. The van der Waals surface area contributed by atoms with Crippen LogP contribution in [0.2, 0.25) is 0 Å². The van der Waals surface area contributed by atoms with E-state index in [2.05, 4.69) is 15.0 Å². The van der Waals surface area contributed by atoms with E-state index >= 15 is 0 Å². The van der Waals surface area contributed by atoms with Gasteiger partial charge >= 0.3 is 6.18 Å². The second-order valence-corrected chi connectivity index (χ2v) is 7.26. The summed E-state index contributed by atoms with van der Waals surface area (Å²) in [5.41, 5.74) is 1.93. The number of nitrogens with one attached hydrogen (secondary N) is 1. The Hall–Kier alpha value is -3.88. The van der Waals surface area contributed by atoms with E-state index in [-0.39, 0.29) is 0 Å². The van der Waals surface area contributed by atoms with E-state index in [1.54, 1.807) is 37.4 Å². The minimum absolute atomic E-state index is 0.479. The first-order valence-electron chi connectivity index (χ1n) is 9.94. The topological polar surface area (TPSA) is 60.0 Å². The normalized spacial score (nSPS) is 12.4. The van der Waals surface area contributed by atoms with Crippen LogP contribution >= 0.6 is 0 Å². The van der Waals surface area contributed by atoms with Crippen LogP contribution in [0.1, 0.15) is 24.2 Å². The summed E-state index contributed by atoms with van der Waals surface area (Å²) in [6.07, 6.45) is -1.85. The van der Waals surface area contributed by atoms with Crippen LogP contribution in [0.3, 0.4) is 0 Å². The molecule has 5 nitrogen and oxygen atoms in total. The monoisotopic (exact) mass is 457 g/mol. The summed E-state index contributed by atoms with van der Waals surface area (Å²) in [6, 6.07) is 12.9. The fraction of sp³-hybridized carbons (Fsp3) is 0.167. The van der Waals surface area contributed by atoms with Crippen molar-refractivity contribution in [2.24, 2.45) is 0 Å². The summed E-state index contributed by atoms with van der Waals surface area (Å²) in [5.74, 6) is 0.953. The van der Waals surface area contributed by atoms with Gasteiger partial charge in [0.1, 0.15) is 23.4 Å². The highest BCUT2D eigenvalue weighted by Crippen LogP contribution is 2.35. The molecule has 0 saturated heterocycles. The summed E-state index contributed by atoms with van der Waals surface area (Å²) in [4.78, 5) is 11.1. The van der Waals surface area contributed by atoms with Crippen molar-refractivity contribution in [2.45, 2.75) is 19.2 Å². The third-order valence-electron chi connectivity index (χ3n) is 5.06. The quantitative estimate of drug-likeness (QED) is 0.267. The molecule has 1 N–H and O–H groups in total. The van der Waals surface area contributed by atoms with Crippen LogP contribution in [0.4, 0.5) is 17.6 Å². The van der Waals surface area contributed by atoms with Gasteiger partial charge in [-0.1, -0.05) is 12.1 Å². The first kappa shape index (κ1) is 22.3. The van der Waals surface area contributed by atoms with Gasteiger partial charge in [0.2, 0.25) is 5.95 Å². The van der Waals surface area contributed by atoms with E-state index in [0.29, 0.717) is 34.1 Å². The minimum atomic E-state index is -4.38. The fourth-order valence-electron chi connectivity index (χ4n) is 3.30. The number of aromatic amines is 1. The SMILES string of the molecule is COc1cc(O[C@H](C)c2ccc(C(F)(F)F)cc2)ccc1-c1cnc(-c2ccc(F)nc2)[nH]1. The van der Waals surface area contributed by atoms with Crippen molar-refractivity contribution in [2.75, 3.05) is 7.11 Å². The van der Waals surface area contributed by atoms with Gasteiger partial charge in [-0.3, -0.25) is 0 Å². The van der Waals surface area contributed by atoms with Gasteiger partial charge in [-0.05, 0) is 48.9 Å². The molecule has 0 fully saturated rings. The van der Waals surface area contributed by atoms with Crippen molar-refractivity contribution >= 4 is 0 Å². The predicted molar refractivity (Wildman–Crippen MR) is 114 cm³/mol. The molecule has 0 amide bonds. The average molecular weight is 457 g/mol. The molecule has 2 aromatic heterocycles. The zero-order valence-corrected chi connectivity index (χ0v) is 17.7. The number of aromatic nitrogens is 3. The molecule has 9 heteroatoms. The number of hydrogen-bond acceptors (Lipinski definition) is 4. The highest BCUT2D eigenvalue weighted by Gasteiger charge is 2.30. The van der Waals surface area contributed by atoms with Crippen molar-refractivity contribution < 1.29 is 27.0 Å². The van der Waals surface area contributed by atoms with E-state index < -0.39 is 23.8 Å². The third-order valence-corrected chi connectivity index (χ3v) is 5.06. The zero-order valence-electron chi connectivity index (χ0n) is 17.7. The van der Waals surface area contributed by atoms with Crippen LogP contribution in [0.5, 0.6) is 11.5 Å². The first-order chi connectivity index (χ1) is 15.7. The molecule has 0 bridgehead atoms. The number of hydrogen-bond donors (Lipinski definition) is 1. The maximum atomic E-state index is 13.1. The molecule has 2 aromatic carbocycles. The lowest BCUT2D eigenvalue weighted by atomic mass is 10.1. The molecule has 0 saturated carbocycles. The summed E-state index contributed by atoms with van der Waals surface area (Å²) in [5, 5.41) is 0. The number of benzene rings is 2. The molecular formula is C24H19F4N3O2. The van der Waals surface area contributed by atoms with E-state index in [1.807, 2.05) is 0 Å². The standard InChI is InChI=1S/C24H19F4N3O2/c1-14(15-3-6-17(7-4-15)24(26,27)28)33-18-8-9-19(21(11-18)32-2)20-13-30-23(31-20)16-5-10-22(25)29-12-16/h3-14H,1-2H3,(H,30,31)/t14-/m1/s1. The molecule has 170 valence electrons. The molecule has 1 atom stereocenters. The molecule has 33 heavy (non-hydrogen) atoms. The molecule has 0 aliphatic carbocycles. The zero-order chi connectivity index (χ0) is 23.6. The lowest BCUT2D eigenvalue weighted by molar-refractivity contribution is -0.137. The van der Waals surface area contributed by atoms with Crippen LogP contribution in [0.25, 0.3) is 22.6 Å². The Morgan fingerprint density at radius 3 is 2.33 bits per heavy atom. The van der Waals surface area contributed by atoms with Gasteiger partial charge in [0.25, 0.3) is 0 Å². The summed E-state index contributed by atoms with van der Waals surface area (Å²) in [6.45, 7) is 1.75. The Balaban J connectivity index is 1.53. The van der Waals surface area contributed by atoms with E-state index in [0.717, 1.165) is 17.7 Å². The van der Waals surface area contributed by atoms with Crippen LogP contribution in [0.15, 0.2) is 67.0 Å². The van der Waals surface area contributed by atoms with Crippen molar-refractivity contribution in [1.29, 1.82) is 0 Å². The van der Waals surface area contributed by atoms with Gasteiger partial charge in [0.15, 0.2) is 0 Å². The maximum absolute atomic E-state index is 13.1. The molecule has 0 spiro atoms. The Morgan fingerprint density at radius 2 is 1.70 bits per heavy atom. The molecule has 0 unspecified atom stereocenters. The smallest absolute Gasteiger partial charge is 0.416 e. The van der Waals surface area contributed by atoms with Crippen molar-refractivity contribution in [3.05, 3.63) is 84.1 Å². The van der Waals surface area contributed by atoms with Gasteiger partial charge in [0, 0.05) is 23.4 Å². The number of halogens is 4. The van der Waals surface area contributed by atoms with Gasteiger partial charge < -0.3 is 14.5 Å². The Labute approximate surface area is 187 Å². The average Bonchev–Trinajstić information content (AvgIpc) is 3.29. The van der Waals surface area contributed by atoms with Gasteiger partial charge in [-0.15, -0.1) is 0 Å². The number of alkyl halides is 3. The molecule has 4 aromatic rings. The molecule has 4 rings (SSSR count). The lowest BCUT2D eigenvalue weighted by Gasteiger charge is -2.17. The predicted octanol–water partition coefficient (Wildman–Crippen LogP) is 6.45. The Morgan fingerprint density at radius 1 is 0.939 bits per heavy atom. The van der Waals surface area contributed by atoms with Crippen molar-refractivity contribution in [3.8, 4) is 34.1 Å². The first-order valence-corrected chi connectivity index (χ1v) is 9.94. The summed E-state index contributed by atoms with van der Waals surface area (Å²) >= 11 is 0. The number of imidazole rings is 1. The fourth-order valence-corrected chi connectivity index (χ4v) is 3.30. The molecule has 0 radical (unpaired) electrons. The number of methoxy groups -OCH3 is 1. The number of rotatable bonds is 6. The molecule has 2 heterocycles. The number of pyridine rings is 1. The van der Waals surface area contributed by atoms with Crippen molar-refractivity contribution in [1.82, 2.24) is 15.0 Å². The van der Waals surface area contributed by atoms with Gasteiger partial charge in [-0.2, -0.15) is 17.6 Å². The molecular weight excluding hydrogens is 438 g/mol. The number of H-pyrrole nitrogens is 1. The second kappa shape index (κ2) is 8.93. The van der Waals surface area contributed by atoms with Crippen LogP contribution < -0.4 is 9.47 Å². The van der Waals surface area contributed by atoms with E-state index in [9.17, 15) is 17.6 Å². The highest BCUT2D eigenvalue weighted by atomic mass is 19.4. The summed E-state index contributed by atoms with van der Waals surface area (Å²) < 4.78 is 62.8. The lowest BCUT2D eigenvalue weighted by Crippen LogP contribution is -2.07. The second-order valence-electron chi connectivity index (χ2n) is 7.26. The summed E-state index contributed by atoms with van der Waals surface area (Å²) in [7, 11) is 1.52. The van der Waals surface area contributed by atoms with Gasteiger partial charge in [-0.25, -0.2) is 9.97 Å².